The summed E-state index contributed by atoms with van der Waals surface area (Å²) in [5.41, 5.74) is -0.356. The molecule has 2 aromatic rings. The van der Waals surface area contributed by atoms with Crippen LogP contribution in [0.2, 0.25) is 0 Å². The zero-order chi connectivity index (χ0) is 21.1. The number of hydrogen-bond donors (Lipinski definition) is 1. The van der Waals surface area contributed by atoms with Crippen LogP contribution in [0.25, 0.3) is 5.69 Å². The van der Waals surface area contributed by atoms with E-state index in [1.54, 1.807) is 31.2 Å². The average Bonchev–Trinajstić information content (AvgIpc) is 3.18. The predicted molar refractivity (Wildman–Crippen MR) is 99.4 cm³/mol. The molecule has 1 N–H and O–H groups in total. The van der Waals surface area contributed by atoms with Gasteiger partial charge in [-0.3, -0.25) is 0 Å². The number of aromatic nitrogens is 2. The van der Waals surface area contributed by atoms with Gasteiger partial charge in [-0.15, -0.1) is 0 Å². The van der Waals surface area contributed by atoms with Crippen molar-refractivity contribution in [3.63, 3.8) is 0 Å². The molecule has 0 radical (unpaired) electrons. The minimum Gasteiger partial charge on any atom is -0.493 e. The fourth-order valence-corrected chi connectivity index (χ4v) is 3.82. The molecule has 1 fully saturated rings. The summed E-state index contributed by atoms with van der Waals surface area (Å²) in [7, 11) is -3.36. The summed E-state index contributed by atoms with van der Waals surface area (Å²) < 4.78 is 76.7. The molecule has 1 aliphatic rings. The molecule has 1 aromatic heterocycles. The highest BCUT2D eigenvalue weighted by atomic mass is 32.2. The number of sulfonamides is 1. The second kappa shape index (κ2) is 8.72. The van der Waals surface area contributed by atoms with Crippen LogP contribution in [-0.4, -0.2) is 49.8 Å². The number of nitrogens with one attached hydrogen (secondary N) is 1. The van der Waals surface area contributed by atoms with Gasteiger partial charge in [-0.05, 0) is 37.6 Å². The first-order chi connectivity index (χ1) is 13.7. The van der Waals surface area contributed by atoms with Crippen LogP contribution in [-0.2, 0) is 20.9 Å². The van der Waals surface area contributed by atoms with Crippen molar-refractivity contribution < 1.29 is 31.1 Å². The SMILES string of the molecule is CCS(=O)(=O)N[C@H]1COCC[C@@H]1COc1ccc(-n2cc(C(F)(F)F)cn2)cc1. The van der Waals surface area contributed by atoms with Crippen molar-refractivity contribution in [2.24, 2.45) is 5.92 Å². The molecule has 0 amide bonds. The van der Waals surface area contributed by atoms with Gasteiger partial charge in [0.25, 0.3) is 0 Å². The maximum Gasteiger partial charge on any atom is 0.419 e. The Labute approximate surface area is 166 Å². The zero-order valence-corrected chi connectivity index (χ0v) is 16.5. The highest BCUT2D eigenvalue weighted by molar-refractivity contribution is 7.89. The van der Waals surface area contributed by atoms with Crippen LogP contribution in [0.15, 0.2) is 36.7 Å². The minimum atomic E-state index is -4.44. The Kier molecular flexibility index (Phi) is 6.49. The van der Waals surface area contributed by atoms with Gasteiger partial charge in [-0.1, -0.05) is 0 Å². The molecule has 0 unspecified atom stereocenters. The molecule has 1 saturated heterocycles. The van der Waals surface area contributed by atoms with Crippen molar-refractivity contribution in [3.05, 3.63) is 42.2 Å². The van der Waals surface area contributed by atoms with Crippen LogP contribution in [0.1, 0.15) is 18.9 Å². The molecule has 0 bridgehead atoms. The molecule has 0 spiro atoms. The van der Waals surface area contributed by atoms with E-state index in [0.717, 1.165) is 17.1 Å². The first-order valence-electron chi connectivity index (χ1n) is 9.11. The van der Waals surface area contributed by atoms with E-state index in [9.17, 15) is 21.6 Å². The lowest BCUT2D eigenvalue weighted by Crippen LogP contribution is -2.48. The van der Waals surface area contributed by atoms with Gasteiger partial charge in [-0.2, -0.15) is 18.3 Å². The molecular formula is C18H22F3N3O4S. The Morgan fingerprint density at radius 2 is 2.03 bits per heavy atom. The third kappa shape index (κ3) is 5.71. The number of alkyl halides is 3. The third-order valence-corrected chi connectivity index (χ3v) is 6.11. The quantitative estimate of drug-likeness (QED) is 0.726. The molecule has 1 aliphatic heterocycles. The van der Waals surface area contributed by atoms with Crippen LogP contribution in [0.3, 0.4) is 0 Å². The first-order valence-corrected chi connectivity index (χ1v) is 10.8. The van der Waals surface area contributed by atoms with Gasteiger partial charge < -0.3 is 9.47 Å². The molecule has 1 aromatic carbocycles. The van der Waals surface area contributed by atoms with Crippen LogP contribution in [0.5, 0.6) is 5.75 Å². The lowest BCUT2D eigenvalue weighted by Gasteiger charge is -2.31. The Morgan fingerprint density at radius 3 is 2.66 bits per heavy atom. The second-order valence-corrected chi connectivity index (χ2v) is 8.77. The average molecular weight is 433 g/mol. The summed E-state index contributed by atoms with van der Waals surface area (Å²) in [6, 6.07) is 6.11. The largest absolute Gasteiger partial charge is 0.493 e. The summed E-state index contributed by atoms with van der Waals surface area (Å²) in [6.45, 7) is 2.67. The topological polar surface area (TPSA) is 82.5 Å². The predicted octanol–water partition coefficient (Wildman–Crippen LogP) is 2.61. The van der Waals surface area contributed by atoms with E-state index in [0.29, 0.717) is 31.1 Å². The van der Waals surface area contributed by atoms with Crippen molar-refractivity contribution in [3.8, 4) is 11.4 Å². The van der Waals surface area contributed by atoms with Crippen molar-refractivity contribution in [1.29, 1.82) is 0 Å². The van der Waals surface area contributed by atoms with Gasteiger partial charge in [-0.25, -0.2) is 17.8 Å². The van der Waals surface area contributed by atoms with Gasteiger partial charge >= 0.3 is 6.18 Å². The third-order valence-electron chi connectivity index (χ3n) is 4.69. The van der Waals surface area contributed by atoms with Crippen molar-refractivity contribution >= 4 is 10.0 Å². The highest BCUT2D eigenvalue weighted by Crippen LogP contribution is 2.29. The molecule has 7 nitrogen and oxygen atoms in total. The number of hydrogen-bond acceptors (Lipinski definition) is 5. The maximum atomic E-state index is 12.7. The zero-order valence-electron chi connectivity index (χ0n) is 15.7. The molecular weight excluding hydrogens is 411 g/mol. The standard InChI is InChI=1S/C18H22F3N3O4S/c1-2-29(25,26)23-17-12-27-8-7-13(17)11-28-16-5-3-15(4-6-16)24-10-14(9-22-24)18(19,20)21/h3-6,9-10,13,17,23H,2,7-8,11-12H2,1H3/t13-,17+/m1/s1. The van der Waals surface area contributed by atoms with Crippen molar-refractivity contribution in [1.82, 2.24) is 14.5 Å². The second-order valence-electron chi connectivity index (χ2n) is 6.73. The molecule has 3 rings (SSSR count). The number of nitrogens with zero attached hydrogens (tertiary/aromatic N) is 2. The van der Waals surface area contributed by atoms with E-state index in [1.807, 2.05) is 0 Å². The van der Waals surface area contributed by atoms with Gasteiger partial charge in [0, 0.05) is 18.7 Å². The van der Waals surface area contributed by atoms with Crippen LogP contribution in [0, 0.1) is 5.92 Å². The minimum absolute atomic E-state index is 0.0119. The van der Waals surface area contributed by atoms with Gasteiger partial charge in [0.1, 0.15) is 5.75 Å². The van der Waals surface area contributed by atoms with Crippen LogP contribution < -0.4 is 9.46 Å². The van der Waals surface area contributed by atoms with Gasteiger partial charge in [0.15, 0.2) is 0 Å². The Balaban J connectivity index is 1.61. The van der Waals surface area contributed by atoms with Crippen molar-refractivity contribution in [2.45, 2.75) is 25.6 Å². The summed E-state index contributed by atoms with van der Waals surface area (Å²) in [4.78, 5) is 0. The van der Waals surface area contributed by atoms with E-state index < -0.39 is 21.8 Å². The van der Waals surface area contributed by atoms with E-state index >= 15 is 0 Å². The monoisotopic (exact) mass is 433 g/mol. The molecule has 2 atom stereocenters. The fourth-order valence-electron chi connectivity index (χ4n) is 2.93. The molecule has 29 heavy (non-hydrogen) atoms. The molecule has 160 valence electrons. The molecule has 2 heterocycles. The Bertz CT molecular complexity index is 913. The van der Waals surface area contributed by atoms with E-state index in [1.165, 1.54) is 0 Å². The lowest BCUT2D eigenvalue weighted by atomic mass is 9.97. The number of rotatable bonds is 7. The fraction of sp³-hybridized carbons (Fsp3) is 0.500. The highest BCUT2D eigenvalue weighted by Gasteiger charge is 2.32. The molecule has 11 heteroatoms. The summed E-state index contributed by atoms with van der Waals surface area (Å²) in [5, 5.41) is 3.73. The van der Waals surface area contributed by atoms with E-state index in [-0.39, 0.29) is 24.3 Å². The lowest BCUT2D eigenvalue weighted by molar-refractivity contribution is -0.137. The summed E-state index contributed by atoms with van der Waals surface area (Å²) in [6.07, 6.45) is -2.10. The van der Waals surface area contributed by atoms with Crippen molar-refractivity contribution in [2.75, 3.05) is 25.6 Å². The number of ether oxygens (including phenoxy) is 2. The number of halogens is 3. The van der Waals surface area contributed by atoms with Crippen LogP contribution in [0.4, 0.5) is 13.2 Å². The maximum absolute atomic E-state index is 12.7. The molecule has 0 saturated carbocycles. The smallest absolute Gasteiger partial charge is 0.419 e. The van der Waals surface area contributed by atoms with Gasteiger partial charge in [0.05, 0.1) is 42.5 Å². The summed E-state index contributed by atoms with van der Waals surface area (Å²) >= 11 is 0. The van der Waals surface area contributed by atoms with Crippen LogP contribution >= 0.6 is 0 Å². The summed E-state index contributed by atoms with van der Waals surface area (Å²) in [5.74, 6) is 0.466. The van der Waals surface area contributed by atoms with Gasteiger partial charge in [0.2, 0.25) is 10.0 Å². The van der Waals surface area contributed by atoms with E-state index in [4.69, 9.17) is 9.47 Å². The van der Waals surface area contributed by atoms with E-state index in [2.05, 4.69) is 9.82 Å². The Morgan fingerprint density at radius 1 is 1.31 bits per heavy atom. The number of benzene rings is 1. The normalized spacial score (nSPS) is 20.6. The molecule has 0 aliphatic carbocycles. The first kappa shape index (κ1) is 21.6. The Hall–Kier alpha value is -2.11.